The molecule has 2 rings (SSSR count). The van der Waals surface area contributed by atoms with Crippen molar-refractivity contribution >= 4 is 29.9 Å². The van der Waals surface area contributed by atoms with E-state index in [0.717, 1.165) is 25.6 Å². The fourth-order valence-corrected chi connectivity index (χ4v) is 2.10. The van der Waals surface area contributed by atoms with Crippen molar-refractivity contribution in [2.75, 3.05) is 27.3 Å². The summed E-state index contributed by atoms with van der Waals surface area (Å²) in [6.45, 7) is 2.89. The highest BCUT2D eigenvalue weighted by atomic mass is 127. The highest BCUT2D eigenvalue weighted by molar-refractivity contribution is 14.0. The summed E-state index contributed by atoms with van der Waals surface area (Å²) in [7, 11) is 3.44. The molecule has 1 heterocycles. The van der Waals surface area contributed by atoms with E-state index in [1.54, 1.807) is 20.4 Å². The number of hydrogen-bond acceptors (Lipinski definition) is 3. The topological polar surface area (TPSA) is 63.5 Å². The fraction of sp³-hybridized carbons (Fsp3) is 0.375. The number of rotatable bonds is 7. The Hall–Kier alpha value is -1.61. The summed E-state index contributed by atoms with van der Waals surface area (Å²) in [4.78, 5) is 4.18. The molecule has 2 aromatic rings. The number of benzene rings is 1. The summed E-state index contributed by atoms with van der Waals surface area (Å²) < 4.78 is 6.93. The molecule has 0 atom stereocenters. The quantitative estimate of drug-likeness (QED) is 0.305. The van der Waals surface area contributed by atoms with Gasteiger partial charge in [-0.05, 0) is 17.2 Å². The third-order valence-corrected chi connectivity index (χ3v) is 3.18. The molecule has 23 heavy (non-hydrogen) atoms. The molecule has 126 valence electrons. The Kier molecular flexibility index (Phi) is 9.30. The van der Waals surface area contributed by atoms with Crippen molar-refractivity contribution in [1.82, 2.24) is 20.4 Å². The SMILES string of the molecule is CN=C(NCCOC)NCc1cccc(Cn2cccn2)c1.I. The van der Waals surface area contributed by atoms with Crippen LogP contribution in [-0.4, -0.2) is 43.0 Å². The lowest BCUT2D eigenvalue weighted by molar-refractivity contribution is 0.203. The number of methoxy groups -OCH3 is 1. The van der Waals surface area contributed by atoms with E-state index in [0.29, 0.717) is 6.61 Å². The normalized spacial score (nSPS) is 11.0. The number of guanidine groups is 1. The molecule has 2 N–H and O–H groups in total. The number of ether oxygens (including phenoxy) is 1. The van der Waals surface area contributed by atoms with Crippen molar-refractivity contribution in [2.45, 2.75) is 13.1 Å². The minimum absolute atomic E-state index is 0. The third kappa shape index (κ3) is 7.00. The molecule has 0 amide bonds. The van der Waals surface area contributed by atoms with E-state index in [-0.39, 0.29) is 24.0 Å². The van der Waals surface area contributed by atoms with E-state index in [9.17, 15) is 0 Å². The van der Waals surface area contributed by atoms with Gasteiger partial charge in [-0.15, -0.1) is 24.0 Å². The van der Waals surface area contributed by atoms with Gasteiger partial charge in [0.15, 0.2) is 5.96 Å². The average Bonchev–Trinajstić information content (AvgIpc) is 3.04. The van der Waals surface area contributed by atoms with Gasteiger partial charge >= 0.3 is 0 Å². The standard InChI is InChI=1S/C16H23N5O.HI/c1-17-16(18-8-10-22-2)19-12-14-5-3-6-15(11-14)13-21-9-4-7-20-21;/h3-7,9,11H,8,10,12-13H2,1-2H3,(H2,17,18,19);1H. The van der Waals surface area contributed by atoms with Gasteiger partial charge in [0.25, 0.3) is 0 Å². The molecule has 0 fully saturated rings. The van der Waals surface area contributed by atoms with E-state index >= 15 is 0 Å². The summed E-state index contributed by atoms with van der Waals surface area (Å²) in [6, 6.07) is 10.4. The Bertz CT molecular complexity index is 586. The van der Waals surface area contributed by atoms with Crippen LogP contribution >= 0.6 is 24.0 Å². The lowest BCUT2D eigenvalue weighted by atomic mass is 10.1. The Morgan fingerprint density at radius 1 is 1.26 bits per heavy atom. The molecule has 7 heteroatoms. The van der Waals surface area contributed by atoms with Gasteiger partial charge in [0, 0.05) is 39.6 Å². The van der Waals surface area contributed by atoms with Crippen molar-refractivity contribution in [2.24, 2.45) is 4.99 Å². The maximum atomic E-state index is 5.01. The predicted molar refractivity (Wildman–Crippen MR) is 103 cm³/mol. The number of aliphatic imine (C=N–C) groups is 1. The molecular formula is C16H24IN5O. The highest BCUT2D eigenvalue weighted by Crippen LogP contribution is 2.06. The van der Waals surface area contributed by atoms with Crippen LogP contribution in [-0.2, 0) is 17.8 Å². The summed E-state index contributed by atoms with van der Waals surface area (Å²) in [5.74, 6) is 0.773. The van der Waals surface area contributed by atoms with Crippen molar-refractivity contribution < 1.29 is 4.74 Å². The maximum Gasteiger partial charge on any atom is 0.191 e. The maximum absolute atomic E-state index is 5.01. The zero-order valence-electron chi connectivity index (χ0n) is 13.5. The van der Waals surface area contributed by atoms with Gasteiger partial charge < -0.3 is 15.4 Å². The summed E-state index contributed by atoms with van der Waals surface area (Å²) in [5, 5.41) is 10.7. The number of nitrogens with one attached hydrogen (secondary N) is 2. The molecule has 0 aliphatic heterocycles. The minimum atomic E-state index is 0. The lowest BCUT2D eigenvalue weighted by Crippen LogP contribution is -2.38. The summed E-state index contributed by atoms with van der Waals surface area (Å²) in [5.41, 5.74) is 2.43. The number of hydrogen-bond donors (Lipinski definition) is 2. The van der Waals surface area contributed by atoms with Crippen LogP contribution in [0.2, 0.25) is 0 Å². The van der Waals surface area contributed by atoms with Crippen LogP contribution in [0, 0.1) is 0 Å². The summed E-state index contributed by atoms with van der Waals surface area (Å²) in [6.07, 6.45) is 3.76. The molecule has 0 unspecified atom stereocenters. The van der Waals surface area contributed by atoms with Crippen LogP contribution in [0.5, 0.6) is 0 Å². The molecule has 1 aromatic carbocycles. The Labute approximate surface area is 154 Å². The van der Waals surface area contributed by atoms with E-state index in [1.165, 1.54) is 11.1 Å². The molecule has 0 aliphatic rings. The van der Waals surface area contributed by atoms with E-state index < -0.39 is 0 Å². The Morgan fingerprint density at radius 3 is 2.78 bits per heavy atom. The number of halogens is 1. The third-order valence-electron chi connectivity index (χ3n) is 3.18. The van der Waals surface area contributed by atoms with Gasteiger partial charge in [0.1, 0.15) is 0 Å². The van der Waals surface area contributed by atoms with E-state index in [4.69, 9.17) is 4.74 Å². The predicted octanol–water partition coefficient (Wildman–Crippen LogP) is 1.86. The molecule has 0 saturated heterocycles. The monoisotopic (exact) mass is 429 g/mol. The van der Waals surface area contributed by atoms with Gasteiger partial charge in [0.2, 0.25) is 0 Å². The minimum Gasteiger partial charge on any atom is -0.383 e. The van der Waals surface area contributed by atoms with Crippen molar-refractivity contribution in [3.63, 3.8) is 0 Å². The number of nitrogens with zero attached hydrogens (tertiary/aromatic N) is 3. The Balaban J connectivity index is 0.00000264. The zero-order chi connectivity index (χ0) is 15.6. The Morgan fingerprint density at radius 2 is 2.09 bits per heavy atom. The molecule has 0 radical (unpaired) electrons. The molecule has 0 bridgehead atoms. The first-order valence-electron chi connectivity index (χ1n) is 7.30. The molecular weight excluding hydrogens is 405 g/mol. The van der Waals surface area contributed by atoms with Crippen molar-refractivity contribution in [3.05, 3.63) is 53.9 Å². The van der Waals surface area contributed by atoms with E-state index in [2.05, 4.69) is 45.0 Å². The van der Waals surface area contributed by atoms with Crippen LogP contribution < -0.4 is 10.6 Å². The highest BCUT2D eigenvalue weighted by Gasteiger charge is 2.00. The van der Waals surface area contributed by atoms with Crippen LogP contribution in [0.1, 0.15) is 11.1 Å². The molecule has 0 spiro atoms. The molecule has 0 saturated carbocycles. The zero-order valence-corrected chi connectivity index (χ0v) is 15.9. The second kappa shape index (κ2) is 11.0. The van der Waals surface area contributed by atoms with Crippen molar-refractivity contribution in [1.29, 1.82) is 0 Å². The molecule has 0 aliphatic carbocycles. The van der Waals surface area contributed by atoms with Crippen LogP contribution in [0.15, 0.2) is 47.7 Å². The van der Waals surface area contributed by atoms with Gasteiger partial charge in [-0.25, -0.2) is 0 Å². The first-order chi connectivity index (χ1) is 10.8. The van der Waals surface area contributed by atoms with Crippen LogP contribution in [0.25, 0.3) is 0 Å². The molecule has 6 nitrogen and oxygen atoms in total. The number of aromatic nitrogens is 2. The van der Waals surface area contributed by atoms with Gasteiger partial charge in [-0.1, -0.05) is 24.3 Å². The molecule has 1 aromatic heterocycles. The lowest BCUT2D eigenvalue weighted by Gasteiger charge is -2.12. The first kappa shape index (κ1) is 19.4. The average molecular weight is 429 g/mol. The second-order valence-electron chi connectivity index (χ2n) is 4.87. The van der Waals surface area contributed by atoms with Crippen molar-refractivity contribution in [3.8, 4) is 0 Å². The fourth-order valence-electron chi connectivity index (χ4n) is 2.10. The second-order valence-corrected chi connectivity index (χ2v) is 4.87. The van der Waals surface area contributed by atoms with E-state index in [1.807, 2.05) is 16.9 Å². The van der Waals surface area contributed by atoms with Crippen LogP contribution in [0.3, 0.4) is 0 Å². The van der Waals surface area contributed by atoms with Gasteiger partial charge in [0.05, 0.1) is 13.2 Å². The largest absolute Gasteiger partial charge is 0.383 e. The van der Waals surface area contributed by atoms with Gasteiger partial charge in [-0.3, -0.25) is 9.67 Å². The van der Waals surface area contributed by atoms with Gasteiger partial charge in [-0.2, -0.15) is 5.10 Å². The summed E-state index contributed by atoms with van der Waals surface area (Å²) >= 11 is 0. The first-order valence-corrected chi connectivity index (χ1v) is 7.30. The van der Waals surface area contributed by atoms with Crippen LogP contribution in [0.4, 0.5) is 0 Å². The smallest absolute Gasteiger partial charge is 0.191 e.